The topological polar surface area (TPSA) is 20.3 Å². The Labute approximate surface area is 122 Å². The molecule has 0 aromatic heterocycles. The van der Waals surface area contributed by atoms with Crippen molar-refractivity contribution in [2.75, 3.05) is 13.1 Å². The Bertz CT molecular complexity index is 475. The molecule has 1 aromatic rings. The number of halogens is 2. The Morgan fingerprint density at radius 2 is 2.16 bits per heavy atom. The maximum absolute atomic E-state index is 13.6. The van der Waals surface area contributed by atoms with Crippen molar-refractivity contribution in [1.82, 2.24) is 4.90 Å². The summed E-state index contributed by atoms with van der Waals surface area (Å²) in [6.07, 6.45) is 1.09. The molecule has 1 saturated heterocycles. The fourth-order valence-corrected chi connectivity index (χ4v) is 2.81. The van der Waals surface area contributed by atoms with Gasteiger partial charge in [-0.3, -0.25) is 4.79 Å². The molecule has 2 rings (SSSR count). The molecule has 1 atom stereocenters. The number of rotatable bonds is 2. The van der Waals surface area contributed by atoms with Gasteiger partial charge in [0.15, 0.2) is 0 Å². The first-order chi connectivity index (χ1) is 8.90. The number of hydrogen-bond donors (Lipinski definition) is 0. The van der Waals surface area contributed by atoms with Gasteiger partial charge in [-0.05, 0) is 23.5 Å². The smallest absolute Gasteiger partial charge is 0.227 e. The van der Waals surface area contributed by atoms with Crippen molar-refractivity contribution in [2.24, 2.45) is 5.41 Å². The van der Waals surface area contributed by atoms with Crippen LogP contribution in [-0.2, 0) is 11.2 Å². The highest BCUT2D eigenvalue weighted by Gasteiger charge is 2.35. The fourth-order valence-electron chi connectivity index (χ4n) is 2.46. The highest BCUT2D eigenvalue weighted by Crippen LogP contribution is 2.34. The van der Waals surface area contributed by atoms with E-state index < -0.39 is 0 Å². The predicted molar refractivity (Wildman–Crippen MR) is 77.8 cm³/mol. The number of alkyl halides is 1. The third-order valence-corrected chi connectivity index (χ3v) is 5.45. The lowest BCUT2D eigenvalue weighted by atomic mass is 9.84. The van der Waals surface area contributed by atoms with Crippen LogP contribution in [0.3, 0.4) is 0 Å². The second-order valence-electron chi connectivity index (χ2n) is 5.83. The molecule has 1 heterocycles. The Morgan fingerprint density at radius 3 is 2.79 bits per heavy atom. The van der Waals surface area contributed by atoms with Crippen molar-refractivity contribution < 1.29 is 9.18 Å². The zero-order chi connectivity index (χ0) is 14.0. The SMILES string of the molecule is CC1(C)CN(C(=O)Cc2ccccc2F)CCC1Br. The van der Waals surface area contributed by atoms with E-state index in [9.17, 15) is 9.18 Å². The van der Waals surface area contributed by atoms with Gasteiger partial charge in [0.1, 0.15) is 5.82 Å². The molecule has 0 aliphatic carbocycles. The minimum absolute atomic E-state index is 0.0116. The molecule has 0 bridgehead atoms. The summed E-state index contributed by atoms with van der Waals surface area (Å²) in [5.74, 6) is -0.289. The number of amides is 1. The van der Waals surface area contributed by atoms with E-state index in [0.29, 0.717) is 10.4 Å². The number of piperidine rings is 1. The molecule has 0 radical (unpaired) electrons. The second-order valence-corrected chi connectivity index (χ2v) is 6.93. The first kappa shape index (κ1) is 14.5. The van der Waals surface area contributed by atoms with Crippen molar-refractivity contribution in [3.05, 3.63) is 35.6 Å². The maximum atomic E-state index is 13.6. The Kier molecular flexibility index (Phi) is 4.29. The van der Waals surface area contributed by atoms with Gasteiger partial charge in [-0.2, -0.15) is 0 Å². The monoisotopic (exact) mass is 327 g/mol. The van der Waals surface area contributed by atoms with Gasteiger partial charge >= 0.3 is 0 Å². The van der Waals surface area contributed by atoms with Crippen LogP contribution in [0.5, 0.6) is 0 Å². The molecule has 1 amide bonds. The van der Waals surface area contributed by atoms with E-state index >= 15 is 0 Å². The van der Waals surface area contributed by atoms with Crippen LogP contribution in [-0.4, -0.2) is 28.7 Å². The lowest BCUT2D eigenvalue weighted by Crippen LogP contribution is -2.49. The third kappa shape index (κ3) is 3.35. The van der Waals surface area contributed by atoms with Gasteiger partial charge in [0.25, 0.3) is 0 Å². The van der Waals surface area contributed by atoms with Gasteiger partial charge in [0.05, 0.1) is 6.42 Å². The number of carbonyl (C=O) groups excluding carboxylic acids is 1. The Morgan fingerprint density at radius 1 is 1.47 bits per heavy atom. The van der Waals surface area contributed by atoms with Crippen molar-refractivity contribution in [3.63, 3.8) is 0 Å². The molecule has 19 heavy (non-hydrogen) atoms. The van der Waals surface area contributed by atoms with Crippen LogP contribution >= 0.6 is 15.9 Å². The average molecular weight is 328 g/mol. The van der Waals surface area contributed by atoms with Gasteiger partial charge in [-0.15, -0.1) is 0 Å². The van der Waals surface area contributed by atoms with Crippen LogP contribution in [0, 0.1) is 11.2 Å². The fraction of sp³-hybridized carbons (Fsp3) is 0.533. The third-order valence-electron chi connectivity index (χ3n) is 3.75. The van der Waals surface area contributed by atoms with E-state index in [0.717, 1.165) is 19.5 Å². The Hall–Kier alpha value is -0.900. The normalized spacial score (nSPS) is 22.3. The van der Waals surface area contributed by atoms with Crippen LogP contribution in [0.1, 0.15) is 25.8 Å². The summed E-state index contributed by atoms with van der Waals surface area (Å²) in [7, 11) is 0. The summed E-state index contributed by atoms with van der Waals surface area (Å²) in [5, 5.41) is 0. The molecule has 1 aliphatic heterocycles. The summed E-state index contributed by atoms with van der Waals surface area (Å²) in [6, 6.07) is 6.48. The van der Waals surface area contributed by atoms with Crippen LogP contribution in [0.4, 0.5) is 4.39 Å². The van der Waals surface area contributed by atoms with E-state index in [1.54, 1.807) is 18.2 Å². The van der Waals surface area contributed by atoms with Gasteiger partial charge in [0.2, 0.25) is 5.91 Å². The van der Waals surface area contributed by atoms with Crippen LogP contribution in [0.2, 0.25) is 0 Å². The van der Waals surface area contributed by atoms with Crippen LogP contribution in [0.15, 0.2) is 24.3 Å². The molecule has 4 heteroatoms. The molecule has 1 aliphatic rings. The molecular weight excluding hydrogens is 309 g/mol. The number of benzene rings is 1. The van der Waals surface area contributed by atoms with Gasteiger partial charge < -0.3 is 4.90 Å². The predicted octanol–water partition coefficient (Wildman–Crippen LogP) is 3.39. The number of hydrogen-bond acceptors (Lipinski definition) is 1. The lowest BCUT2D eigenvalue weighted by Gasteiger charge is -2.42. The van der Waals surface area contributed by atoms with E-state index in [1.807, 2.05) is 4.90 Å². The minimum Gasteiger partial charge on any atom is -0.342 e. The summed E-state index contributed by atoms with van der Waals surface area (Å²) in [4.78, 5) is 14.5. The number of likely N-dealkylation sites (tertiary alicyclic amines) is 1. The molecule has 104 valence electrons. The van der Waals surface area contributed by atoms with E-state index in [1.165, 1.54) is 6.07 Å². The zero-order valence-electron chi connectivity index (χ0n) is 11.3. The van der Waals surface area contributed by atoms with Crippen LogP contribution in [0.25, 0.3) is 0 Å². The maximum Gasteiger partial charge on any atom is 0.227 e. The quantitative estimate of drug-likeness (QED) is 0.762. The van der Waals surface area contributed by atoms with E-state index in [-0.39, 0.29) is 23.6 Å². The standard InChI is InChI=1S/C15H19BrFNO/c1-15(2)10-18(8-7-13(15)16)14(19)9-11-5-3-4-6-12(11)17/h3-6,13H,7-10H2,1-2H3. The lowest BCUT2D eigenvalue weighted by molar-refractivity contribution is -0.133. The van der Waals surface area contributed by atoms with Gasteiger partial charge in [0, 0.05) is 17.9 Å². The van der Waals surface area contributed by atoms with Crippen molar-refractivity contribution in [1.29, 1.82) is 0 Å². The second kappa shape index (κ2) is 5.61. The van der Waals surface area contributed by atoms with E-state index in [2.05, 4.69) is 29.8 Å². The molecule has 0 saturated carbocycles. The van der Waals surface area contributed by atoms with Crippen molar-refractivity contribution >= 4 is 21.8 Å². The molecular formula is C15H19BrFNO. The summed E-state index contributed by atoms with van der Waals surface area (Å²) in [6.45, 7) is 5.76. The molecule has 1 aromatic carbocycles. The molecule has 2 nitrogen and oxygen atoms in total. The van der Waals surface area contributed by atoms with Crippen molar-refractivity contribution in [2.45, 2.75) is 31.5 Å². The molecule has 0 spiro atoms. The molecule has 1 unspecified atom stereocenters. The minimum atomic E-state index is -0.300. The van der Waals surface area contributed by atoms with E-state index in [4.69, 9.17) is 0 Å². The summed E-state index contributed by atoms with van der Waals surface area (Å²) in [5.41, 5.74) is 0.537. The highest BCUT2D eigenvalue weighted by molar-refractivity contribution is 9.09. The number of carbonyl (C=O) groups is 1. The van der Waals surface area contributed by atoms with Crippen molar-refractivity contribution in [3.8, 4) is 0 Å². The molecule has 0 N–H and O–H groups in total. The Balaban J connectivity index is 2.03. The van der Waals surface area contributed by atoms with Gasteiger partial charge in [-0.25, -0.2) is 4.39 Å². The largest absolute Gasteiger partial charge is 0.342 e. The average Bonchev–Trinajstić information content (AvgIpc) is 2.35. The summed E-state index contributed by atoms with van der Waals surface area (Å²) >= 11 is 3.67. The zero-order valence-corrected chi connectivity index (χ0v) is 12.9. The van der Waals surface area contributed by atoms with Gasteiger partial charge in [-0.1, -0.05) is 48.0 Å². The first-order valence-corrected chi connectivity index (χ1v) is 7.47. The first-order valence-electron chi connectivity index (χ1n) is 6.55. The van der Waals surface area contributed by atoms with Crippen LogP contribution < -0.4 is 0 Å². The highest BCUT2D eigenvalue weighted by atomic mass is 79.9. The number of nitrogens with zero attached hydrogens (tertiary/aromatic N) is 1. The summed E-state index contributed by atoms with van der Waals surface area (Å²) < 4.78 is 13.6. The molecule has 1 fully saturated rings.